The molecule has 2 atom stereocenters. The number of amides is 1. The van der Waals surface area contributed by atoms with Crippen LogP contribution in [-0.4, -0.2) is 74.6 Å². The molecule has 1 saturated heterocycles. The highest BCUT2D eigenvalue weighted by atomic mass is 16.2. The minimum Gasteiger partial charge on any atom is -0.342 e. The number of piperazine rings is 1. The van der Waals surface area contributed by atoms with Crippen LogP contribution in [0.5, 0.6) is 0 Å². The molecule has 0 saturated carbocycles. The molecule has 1 aliphatic heterocycles. The van der Waals surface area contributed by atoms with Crippen molar-refractivity contribution in [2.75, 3.05) is 46.8 Å². The van der Waals surface area contributed by atoms with Crippen molar-refractivity contribution < 1.29 is 4.79 Å². The molecule has 1 amide bonds. The van der Waals surface area contributed by atoms with Crippen LogP contribution in [0.4, 0.5) is 0 Å². The standard InChI is InChI=1S/C13H28N4O/c1-5-17(8-6-7-16(3)4)13(18)12-10-14-11(2)9-15-12/h11-12,14-15H,5-10H2,1-4H3. The lowest BCUT2D eigenvalue weighted by Gasteiger charge is -2.32. The van der Waals surface area contributed by atoms with Crippen molar-refractivity contribution in [1.29, 1.82) is 0 Å². The molecule has 5 nitrogen and oxygen atoms in total. The van der Waals surface area contributed by atoms with Crippen molar-refractivity contribution >= 4 is 5.91 Å². The quantitative estimate of drug-likeness (QED) is 0.687. The summed E-state index contributed by atoms with van der Waals surface area (Å²) in [6.45, 7) is 8.45. The lowest BCUT2D eigenvalue weighted by Crippen LogP contribution is -2.59. The molecule has 0 aromatic carbocycles. The minimum atomic E-state index is -0.0551. The van der Waals surface area contributed by atoms with Crippen molar-refractivity contribution in [3.05, 3.63) is 0 Å². The van der Waals surface area contributed by atoms with Gasteiger partial charge in [-0.25, -0.2) is 0 Å². The first-order valence-electron chi connectivity index (χ1n) is 6.94. The zero-order chi connectivity index (χ0) is 13.5. The molecule has 2 N–H and O–H groups in total. The number of rotatable bonds is 6. The van der Waals surface area contributed by atoms with E-state index in [0.717, 1.165) is 39.1 Å². The SMILES string of the molecule is CCN(CCCN(C)C)C(=O)C1CNC(C)CN1. The van der Waals surface area contributed by atoms with Gasteiger partial charge in [-0.05, 0) is 40.9 Å². The summed E-state index contributed by atoms with van der Waals surface area (Å²) in [4.78, 5) is 16.4. The summed E-state index contributed by atoms with van der Waals surface area (Å²) < 4.78 is 0. The summed E-state index contributed by atoms with van der Waals surface area (Å²) in [5.74, 6) is 0.232. The molecule has 5 heteroatoms. The second kappa shape index (κ2) is 7.71. The Labute approximate surface area is 111 Å². The largest absolute Gasteiger partial charge is 0.342 e. The predicted molar refractivity (Wildman–Crippen MR) is 74.7 cm³/mol. The third-order valence-electron chi connectivity index (χ3n) is 3.37. The average molecular weight is 256 g/mol. The highest BCUT2D eigenvalue weighted by molar-refractivity contribution is 5.82. The van der Waals surface area contributed by atoms with Gasteiger partial charge in [0.25, 0.3) is 0 Å². The van der Waals surface area contributed by atoms with Gasteiger partial charge in [0.1, 0.15) is 0 Å². The smallest absolute Gasteiger partial charge is 0.241 e. The van der Waals surface area contributed by atoms with E-state index in [-0.39, 0.29) is 11.9 Å². The van der Waals surface area contributed by atoms with Crippen LogP contribution in [0.3, 0.4) is 0 Å². The number of carbonyl (C=O) groups excluding carboxylic acids is 1. The third-order valence-corrected chi connectivity index (χ3v) is 3.37. The van der Waals surface area contributed by atoms with Gasteiger partial charge in [-0.15, -0.1) is 0 Å². The first kappa shape index (κ1) is 15.4. The molecule has 1 heterocycles. The number of nitrogens with one attached hydrogen (secondary N) is 2. The molecule has 2 unspecified atom stereocenters. The zero-order valence-electron chi connectivity index (χ0n) is 12.2. The number of hydrogen-bond donors (Lipinski definition) is 2. The first-order valence-corrected chi connectivity index (χ1v) is 6.94. The number of likely N-dealkylation sites (N-methyl/N-ethyl adjacent to an activating group) is 1. The van der Waals surface area contributed by atoms with Crippen molar-refractivity contribution in [1.82, 2.24) is 20.4 Å². The Morgan fingerprint density at radius 2 is 1.94 bits per heavy atom. The summed E-state index contributed by atoms with van der Waals surface area (Å²) in [5, 5.41) is 6.67. The molecule has 0 aliphatic carbocycles. The summed E-state index contributed by atoms with van der Waals surface area (Å²) in [6, 6.07) is 0.401. The van der Waals surface area contributed by atoms with Gasteiger partial charge < -0.3 is 20.4 Å². The van der Waals surface area contributed by atoms with Crippen LogP contribution < -0.4 is 10.6 Å². The maximum Gasteiger partial charge on any atom is 0.241 e. The van der Waals surface area contributed by atoms with Crippen LogP contribution in [0.2, 0.25) is 0 Å². The lowest BCUT2D eigenvalue weighted by atomic mass is 10.1. The molecule has 0 spiro atoms. The van der Waals surface area contributed by atoms with Crippen molar-refractivity contribution in [2.45, 2.75) is 32.4 Å². The first-order chi connectivity index (χ1) is 8.54. The Morgan fingerprint density at radius 1 is 1.22 bits per heavy atom. The predicted octanol–water partition coefficient (Wildman–Crippen LogP) is -0.263. The molecule has 1 fully saturated rings. The van der Waals surface area contributed by atoms with Crippen molar-refractivity contribution in [3.63, 3.8) is 0 Å². The normalized spacial score (nSPS) is 24.3. The van der Waals surface area contributed by atoms with E-state index in [2.05, 4.69) is 36.6 Å². The molecular formula is C13H28N4O. The number of carbonyl (C=O) groups is 1. The van der Waals surface area contributed by atoms with Crippen LogP contribution >= 0.6 is 0 Å². The molecule has 18 heavy (non-hydrogen) atoms. The Kier molecular flexibility index (Phi) is 6.60. The van der Waals surface area contributed by atoms with Crippen LogP contribution in [0.25, 0.3) is 0 Å². The van der Waals surface area contributed by atoms with Crippen molar-refractivity contribution in [3.8, 4) is 0 Å². The van der Waals surface area contributed by atoms with E-state index in [1.165, 1.54) is 0 Å². The van der Waals surface area contributed by atoms with Gasteiger partial charge in [0.2, 0.25) is 5.91 Å². The summed E-state index contributed by atoms with van der Waals surface area (Å²) in [6.07, 6.45) is 1.03. The zero-order valence-corrected chi connectivity index (χ0v) is 12.2. The molecule has 0 bridgehead atoms. The average Bonchev–Trinajstić information content (AvgIpc) is 2.34. The highest BCUT2D eigenvalue weighted by Gasteiger charge is 2.26. The minimum absolute atomic E-state index is 0.0551. The Morgan fingerprint density at radius 3 is 2.44 bits per heavy atom. The molecular weight excluding hydrogens is 228 g/mol. The summed E-state index contributed by atoms with van der Waals surface area (Å²) in [7, 11) is 4.12. The topological polar surface area (TPSA) is 47.6 Å². The van der Waals surface area contributed by atoms with Gasteiger partial charge in [0, 0.05) is 32.2 Å². The van der Waals surface area contributed by atoms with E-state index in [4.69, 9.17) is 0 Å². The maximum atomic E-state index is 12.3. The molecule has 106 valence electrons. The fraction of sp³-hybridized carbons (Fsp3) is 0.923. The van der Waals surface area contributed by atoms with Gasteiger partial charge in [-0.3, -0.25) is 4.79 Å². The van der Waals surface area contributed by atoms with Crippen LogP contribution in [-0.2, 0) is 4.79 Å². The summed E-state index contributed by atoms with van der Waals surface area (Å²) in [5.41, 5.74) is 0. The Bertz CT molecular complexity index is 249. The molecule has 0 radical (unpaired) electrons. The van der Waals surface area contributed by atoms with E-state index in [1.807, 2.05) is 11.8 Å². The second-order valence-corrected chi connectivity index (χ2v) is 5.34. The maximum absolute atomic E-state index is 12.3. The monoisotopic (exact) mass is 256 g/mol. The molecule has 1 rings (SSSR count). The van der Waals surface area contributed by atoms with Crippen LogP contribution in [0.15, 0.2) is 0 Å². The lowest BCUT2D eigenvalue weighted by molar-refractivity contribution is -0.133. The fourth-order valence-electron chi connectivity index (χ4n) is 2.18. The van der Waals surface area contributed by atoms with E-state index in [9.17, 15) is 4.79 Å². The fourth-order valence-corrected chi connectivity index (χ4v) is 2.18. The van der Waals surface area contributed by atoms with Gasteiger partial charge in [-0.2, -0.15) is 0 Å². The van der Waals surface area contributed by atoms with E-state index in [1.54, 1.807) is 0 Å². The second-order valence-electron chi connectivity index (χ2n) is 5.34. The Hall–Kier alpha value is -0.650. The number of hydrogen-bond acceptors (Lipinski definition) is 4. The van der Waals surface area contributed by atoms with Gasteiger partial charge in [0.05, 0.1) is 6.04 Å². The van der Waals surface area contributed by atoms with E-state index in [0.29, 0.717) is 6.04 Å². The molecule has 0 aromatic rings. The van der Waals surface area contributed by atoms with E-state index >= 15 is 0 Å². The van der Waals surface area contributed by atoms with Crippen molar-refractivity contribution in [2.24, 2.45) is 0 Å². The van der Waals surface area contributed by atoms with Crippen LogP contribution in [0, 0.1) is 0 Å². The third kappa shape index (κ3) is 4.92. The number of nitrogens with zero attached hydrogens (tertiary/aromatic N) is 2. The summed E-state index contributed by atoms with van der Waals surface area (Å²) >= 11 is 0. The highest BCUT2D eigenvalue weighted by Crippen LogP contribution is 2.01. The van der Waals surface area contributed by atoms with Crippen LogP contribution in [0.1, 0.15) is 20.3 Å². The van der Waals surface area contributed by atoms with Gasteiger partial charge in [-0.1, -0.05) is 0 Å². The van der Waals surface area contributed by atoms with Gasteiger partial charge in [0.15, 0.2) is 0 Å². The Balaban J connectivity index is 2.36. The molecule has 1 aliphatic rings. The van der Waals surface area contributed by atoms with Gasteiger partial charge >= 0.3 is 0 Å². The van der Waals surface area contributed by atoms with E-state index < -0.39 is 0 Å². The molecule has 0 aromatic heterocycles.